The van der Waals surface area contributed by atoms with Crippen molar-refractivity contribution in [2.45, 2.75) is 120 Å². The van der Waals surface area contributed by atoms with Gasteiger partial charge < -0.3 is 25.0 Å². The molecule has 3 aliphatic rings. The number of unbranched alkanes of at least 4 members (excludes halogenated alkanes) is 1. The van der Waals surface area contributed by atoms with Crippen LogP contribution in [-0.4, -0.2) is 84.7 Å². The van der Waals surface area contributed by atoms with E-state index in [0.29, 0.717) is 43.5 Å². The predicted molar refractivity (Wildman–Crippen MR) is 213 cm³/mol. The van der Waals surface area contributed by atoms with Gasteiger partial charge >= 0.3 is 6.09 Å². The van der Waals surface area contributed by atoms with Gasteiger partial charge in [-0.3, -0.25) is 19.1 Å². The van der Waals surface area contributed by atoms with Crippen LogP contribution in [0.3, 0.4) is 0 Å². The maximum Gasteiger partial charge on any atom is 0.407 e. The smallest absolute Gasteiger partial charge is 0.407 e. The number of hydrogen-bond donors (Lipinski definition) is 3. The van der Waals surface area contributed by atoms with Gasteiger partial charge in [0.25, 0.3) is 5.91 Å². The number of carbonyl (C=O) groups is 4. The number of amides is 4. The Labute approximate surface area is 329 Å². The Morgan fingerprint density at radius 1 is 1.05 bits per heavy atom. The van der Waals surface area contributed by atoms with Crippen molar-refractivity contribution in [2.24, 2.45) is 0 Å². The minimum Gasteiger partial charge on any atom is -0.488 e. The number of rotatable bonds is 11. The lowest BCUT2D eigenvalue weighted by Gasteiger charge is -2.29. The number of hydrogen-bond acceptors (Lipinski definition) is 9. The Hall–Kier alpha value is -4.98. The Balaban J connectivity index is 1.35. The maximum absolute atomic E-state index is 14.5. The van der Waals surface area contributed by atoms with E-state index in [9.17, 15) is 27.6 Å². The van der Waals surface area contributed by atoms with Gasteiger partial charge in [0.1, 0.15) is 30.0 Å². The molecule has 2 aliphatic heterocycles. The number of aryl methyl sites for hydroxylation is 1. The predicted octanol–water partition coefficient (Wildman–Crippen LogP) is 5.71. The van der Waals surface area contributed by atoms with Gasteiger partial charge in [0.15, 0.2) is 0 Å². The molecule has 4 bridgehead atoms. The monoisotopic (exact) mass is 787 g/mol. The largest absolute Gasteiger partial charge is 0.488 e. The number of carbonyl (C=O) groups excluding carboxylic acids is 4. The summed E-state index contributed by atoms with van der Waals surface area (Å²) >= 11 is 0. The Morgan fingerprint density at radius 3 is 2.57 bits per heavy atom. The number of ether oxygens (including phenoxy) is 2. The molecule has 1 aliphatic carbocycles. The van der Waals surface area contributed by atoms with Crippen molar-refractivity contribution in [3.05, 3.63) is 72.8 Å². The zero-order valence-electron chi connectivity index (χ0n) is 32.0. The molecule has 3 N–H and O–H groups in total. The summed E-state index contributed by atoms with van der Waals surface area (Å²) in [6.45, 7) is 5.90. The molecule has 4 atom stereocenters. The van der Waals surface area contributed by atoms with Gasteiger partial charge in [0.05, 0.1) is 29.6 Å². The normalized spacial score (nSPS) is 21.7. The van der Waals surface area contributed by atoms with Crippen molar-refractivity contribution < 1.29 is 37.1 Å². The minimum atomic E-state index is -3.88. The van der Waals surface area contributed by atoms with Crippen LogP contribution in [0.5, 0.6) is 5.75 Å². The van der Waals surface area contributed by atoms with E-state index in [1.165, 1.54) is 11.0 Å². The summed E-state index contributed by atoms with van der Waals surface area (Å²) in [6.07, 6.45) is 8.19. The van der Waals surface area contributed by atoms with Crippen molar-refractivity contribution in [1.82, 2.24) is 25.2 Å². The molecular weight excluding hydrogens is 735 g/mol. The van der Waals surface area contributed by atoms with Crippen LogP contribution >= 0.6 is 0 Å². The molecule has 2 fully saturated rings. The van der Waals surface area contributed by atoms with Gasteiger partial charge in [0, 0.05) is 23.4 Å². The summed E-state index contributed by atoms with van der Waals surface area (Å²) < 4.78 is 39.6. The van der Waals surface area contributed by atoms with Crippen molar-refractivity contribution in [2.75, 3.05) is 13.2 Å². The van der Waals surface area contributed by atoms with Gasteiger partial charge in [-0.15, -0.1) is 6.58 Å². The fourth-order valence-electron chi connectivity index (χ4n) is 7.32. The third-order valence-electron chi connectivity index (χ3n) is 10.6. The molecule has 4 amide bonds. The van der Waals surface area contributed by atoms with E-state index in [1.807, 2.05) is 49.4 Å². The quantitative estimate of drug-likeness (QED) is 0.206. The topological polar surface area (TPSA) is 173 Å². The first kappa shape index (κ1) is 40.7. The zero-order valence-corrected chi connectivity index (χ0v) is 32.9. The molecule has 0 spiro atoms. The van der Waals surface area contributed by atoms with Crippen LogP contribution in [0.2, 0.25) is 0 Å². The molecule has 3 heterocycles. The SMILES string of the molecule is C=CCC(NC(=O)[C@@H]1C[C@@H]2CN1C(=O)[C@H](CCCC)NC(=O)OCCCCCCCc1ccc3nc(-c4ccccc4)cc(c3c1)O2)C(=O)NS(=O)(=O)C1CC1. The van der Waals surface area contributed by atoms with E-state index < -0.39 is 63.3 Å². The molecular formula is C42H53N5O8S. The van der Waals surface area contributed by atoms with Crippen LogP contribution in [0.25, 0.3) is 22.2 Å². The molecule has 300 valence electrons. The molecule has 1 saturated heterocycles. The molecule has 1 unspecified atom stereocenters. The Bertz CT molecular complexity index is 2000. The van der Waals surface area contributed by atoms with Crippen LogP contribution in [-0.2, 0) is 35.6 Å². The highest BCUT2D eigenvalue weighted by Crippen LogP contribution is 2.34. The van der Waals surface area contributed by atoms with E-state index in [2.05, 4.69) is 34.1 Å². The number of sulfonamides is 1. The summed E-state index contributed by atoms with van der Waals surface area (Å²) in [7, 11) is -3.88. The number of cyclic esters (lactones) is 1. The second-order valence-electron chi connectivity index (χ2n) is 15.0. The summed E-state index contributed by atoms with van der Waals surface area (Å²) in [6, 6.07) is 14.5. The third-order valence-corrected chi connectivity index (χ3v) is 12.4. The van der Waals surface area contributed by atoms with Gasteiger partial charge in [-0.05, 0) is 62.6 Å². The molecule has 2 aromatic carbocycles. The average Bonchev–Trinajstić information content (AvgIpc) is 3.98. The summed E-state index contributed by atoms with van der Waals surface area (Å²) in [5, 5.41) is 5.63. The molecule has 3 aromatic rings. The molecule has 1 saturated carbocycles. The number of fused-ring (bicyclic) bond motifs is 3. The summed E-state index contributed by atoms with van der Waals surface area (Å²) in [5.74, 6) is -1.46. The van der Waals surface area contributed by atoms with Crippen molar-refractivity contribution >= 4 is 44.7 Å². The first-order valence-corrected chi connectivity index (χ1v) is 21.5. The third kappa shape index (κ3) is 10.4. The number of aromatic nitrogens is 1. The van der Waals surface area contributed by atoms with E-state index in [4.69, 9.17) is 14.5 Å². The van der Waals surface area contributed by atoms with Crippen LogP contribution in [0.4, 0.5) is 4.79 Å². The molecule has 0 radical (unpaired) electrons. The van der Waals surface area contributed by atoms with Crippen molar-refractivity contribution in [3.63, 3.8) is 0 Å². The average molecular weight is 788 g/mol. The lowest BCUT2D eigenvalue weighted by atomic mass is 10.0. The zero-order chi connectivity index (χ0) is 39.7. The minimum absolute atomic E-state index is 0.00876. The van der Waals surface area contributed by atoms with E-state index >= 15 is 0 Å². The second kappa shape index (κ2) is 18.8. The van der Waals surface area contributed by atoms with Crippen LogP contribution < -0.4 is 20.1 Å². The van der Waals surface area contributed by atoms with Crippen LogP contribution in [0.15, 0.2) is 67.3 Å². The van der Waals surface area contributed by atoms with E-state index in [0.717, 1.165) is 60.6 Å². The van der Waals surface area contributed by atoms with Gasteiger partial charge in [-0.25, -0.2) is 18.2 Å². The Morgan fingerprint density at radius 2 is 1.82 bits per heavy atom. The molecule has 56 heavy (non-hydrogen) atoms. The van der Waals surface area contributed by atoms with Gasteiger partial charge in [-0.2, -0.15) is 0 Å². The number of nitrogens with zero attached hydrogens (tertiary/aromatic N) is 2. The molecule has 14 heteroatoms. The first-order valence-electron chi connectivity index (χ1n) is 19.9. The summed E-state index contributed by atoms with van der Waals surface area (Å²) in [5.41, 5.74) is 3.49. The number of nitrogens with one attached hydrogen (secondary N) is 3. The van der Waals surface area contributed by atoms with E-state index in [-0.39, 0.29) is 26.0 Å². The lowest BCUT2D eigenvalue weighted by molar-refractivity contribution is -0.140. The Kier molecular flexibility index (Phi) is 13.6. The first-order chi connectivity index (χ1) is 27.1. The van der Waals surface area contributed by atoms with Crippen molar-refractivity contribution in [1.29, 1.82) is 0 Å². The second-order valence-corrected chi connectivity index (χ2v) is 17.0. The highest BCUT2D eigenvalue weighted by molar-refractivity contribution is 7.90. The number of alkyl carbamates (subject to hydrolysis) is 1. The maximum atomic E-state index is 14.5. The highest BCUT2D eigenvalue weighted by Gasteiger charge is 2.44. The highest BCUT2D eigenvalue weighted by atomic mass is 32.2. The van der Waals surface area contributed by atoms with Crippen LogP contribution in [0, 0.1) is 0 Å². The van der Waals surface area contributed by atoms with E-state index in [1.54, 1.807) is 0 Å². The number of pyridine rings is 1. The standard InChI is InChI=1S/C42H53N5O8S/c1-3-5-18-35-41(50)47-27-30(25-37(47)40(49)44-34(14-4-2)39(48)46-56(52,53)31-20-21-31)55-38-26-36(29-16-11-9-12-17-29)43-33-22-19-28(24-32(33)38)15-10-7-6-8-13-23-54-42(51)45-35/h4,9,11-12,16-17,19,22,24,26,30-31,34-35,37H,2-3,5-8,10,13-15,18,20-21,23,25,27H2,1H3,(H,44,49)(H,45,51)(H,46,48)/t30-,34?,35+,37+/m1/s1. The summed E-state index contributed by atoms with van der Waals surface area (Å²) in [4.78, 5) is 61.3. The molecule has 6 rings (SSSR count). The van der Waals surface area contributed by atoms with Gasteiger partial charge in [-0.1, -0.05) is 81.5 Å². The lowest BCUT2D eigenvalue weighted by Crippen LogP contribution is -2.56. The number of benzene rings is 2. The molecule has 1 aromatic heterocycles. The van der Waals surface area contributed by atoms with Crippen LogP contribution in [0.1, 0.15) is 89.5 Å². The van der Waals surface area contributed by atoms with Gasteiger partial charge in [0.2, 0.25) is 21.8 Å². The fraction of sp³-hybridized carbons (Fsp3) is 0.500. The van der Waals surface area contributed by atoms with Crippen molar-refractivity contribution in [3.8, 4) is 17.0 Å². The fourth-order valence-corrected chi connectivity index (χ4v) is 8.67. The molecule has 13 nitrogen and oxygen atoms in total.